The van der Waals surface area contributed by atoms with Crippen molar-refractivity contribution in [2.45, 2.75) is 238 Å². The van der Waals surface area contributed by atoms with E-state index in [1.165, 1.54) is 141 Å². The fraction of sp³-hybridized carbons (Fsp3) is 0.884. The van der Waals surface area contributed by atoms with E-state index in [0.29, 0.717) is 12.8 Å². The molecule has 0 bridgehead atoms. The monoisotopic (exact) mass is 692 g/mol. The zero-order chi connectivity index (χ0) is 35.9. The number of aliphatic carboxylic acids is 1. The van der Waals surface area contributed by atoms with Crippen LogP contribution in [0.25, 0.3) is 0 Å². The number of carbonyl (C=O) groups excluding carboxylic acids is 2. The van der Waals surface area contributed by atoms with Gasteiger partial charge >= 0.3 is 11.9 Å². The first-order valence-electron chi connectivity index (χ1n) is 21.3. The van der Waals surface area contributed by atoms with Crippen LogP contribution in [0.2, 0.25) is 0 Å². The fourth-order valence-electron chi connectivity index (χ4n) is 6.51. The number of allylic oxidation sites excluding steroid dienone is 2. The number of carboxylic acid groups (broad SMARTS) is 1. The van der Waals surface area contributed by atoms with E-state index in [1.807, 2.05) is 0 Å². The topological polar surface area (TPSA) is 92.7 Å². The van der Waals surface area contributed by atoms with Gasteiger partial charge in [0, 0.05) is 12.8 Å². The molecular formula is C43H81NO5. The van der Waals surface area contributed by atoms with Crippen molar-refractivity contribution in [3.63, 3.8) is 0 Å². The summed E-state index contributed by atoms with van der Waals surface area (Å²) in [5.41, 5.74) is 0. The average Bonchev–Trinajstić information content (AvgIpc) is 3.08. The van der Waals surface area contributed by atoms with Crippen LogP contribution < -0.4 is 5.32 Å². The number of unbranched alkanes of at least 4 members (excludes halogenated alkanes) is 26. The highest BCUT2D eigenvalue weighted by Crippen LogP contribution is 2.19. The summed E-state index contributed by atoms with van der Waals surface area (Å²) in [7, 11) is 0. The highest BCUT2D eigenvalue weighted by atomic mass is 16.5. The van der Waals surface area contributed by atoms with E-state index in [4.69, 9.17) is 9.84 Å². The molecule has 0 saturated heterocycles. The number of hydrogen-bond acceptors (Lipinski definition) is 4. The predicted octanol–water partition coefficient (Wildman–Crippen LogP) is 13.0. The predicted molar refractivity (Wildman–Crippen MR) is 208 cm³/mol. The normalized spacial score (nSPS) is 12.0. The minimum atomic E-state index is -1.01. The van der Waals surface area contributed by atoms with Crippen molar-refractivity contribution in [2.75, 3.05) is 6.54 Å². The smallest absolute Gasteiger partial charge is 0.322 e. The maximum atomic E-state index is 12.7. The Kier molecular flexibility index (Phi) is 37.5. The highest BCUT2D eigenvalue weighted by Gasteiger charge is 2.14. The molecule has 0 fully saturated rings. The molecular weight excluding hydrogens is 610 g/mol. The summed E-state index contributed by atoms with van der Waals surface area (Å²) in [5.74, 6) is -1.22. The van der Waals surface area contributed by atoms with E-state index in [0.717, 1.165) is 64.2 Å². The molecule has 0 rings (SSSR count). The Morgan fingerprint density at radius 1 is 0.510 bits per heavy atom. The van der Waals surface area contributed by atoms with Crippen molar-refractivity contribution < 1.29 is 24.2 Å². The van der Waals surface area contributed by atoms with Gasteiger partial charge in [-0.25, -0.2) is 0 Å². The molecule has 0 aromatic carbocycles. The first kappa shape index (κ1) is 47.1. The summed E-state index contributed by atoms with van der Waals surface area (Å²) in [5, 5.41) is 11.1. The molecule has 49 heavy (non-hydrogen) atoms. The van der Waals surface area contributed by atoms with E-state index in [9.17, 15) is 14.4 Å². The second-order valence-electron chi connectivity index (χ2n) is 14.6. The molecule has 0 aliphatic carbocycles. The molecule has 0 saturated carbocycles. The van der Waals surface area contributed by atoms with Crippen LogP contribution in [0, 0.1) is 0 Å². The van der Waals surface area contributed by atoms with Crippen molar-refractivity contribution in [1.82, 2.24) is 5.32 Å². The molecule has 288 valence electrons. The number of amides is 1. The van der Waals surface area contributed by atoms with Crippen LogP contribution in [0.3, 0.4) is 0 Å². The molecule has 0 radical (unpaired) electrons. The summed E-state index contributed by atoms with van der Waals surface area (Å²) in [4.78, 5) is 35.0. The largest absolute Gasteiger partial charge is 0.480 e. The lowest BCUT2D eigenvalue weighted by molar-refractivity contribution is -0.150. The van der Waals surface area contributed by atoms with E-state index in [1.54, 1.807) is 0 Å². The molecule has 0 spiro atoms. The van der Waals surface area contributed by atoms with E-state index in [-0.39, 0.29) is 24.5 Å². The van der Waals surface area contributed by atoms with Gasteiger partial charge in [0.2, 0.25) is 5.91 Å². The van der Waals surface area contributed by atoms with Crippen LogP contribution in [-0.2, 0) is 19.1 Å². The third-order valence-electron chi connectivity index (χ3n) is 9.69. The molecule has 6 heteroatoms. The van der Waals surface area contributed by atoms with Gasteiger partial charge in [-0.15, -0.1) is 0 Å². The van der Waals surface area contributed by atoms with E-state index in [2.05, 4.69) is 31.3 Å². The maximum absolute atomic E-state index is 12.7. The molecule has 0 heterocycles. The lowest BCUT2D eigenvalue weighted by Crippen LogP contribution is -2.28. The van der Waals surface area contributed by atoms with E-state index >= 15 is 0 Å². The number of ether oxygens (including phenoxy) is 1. The van der Waals surface area contributed by atoms with Crippen molar-refractivity contribution in [2.24, 2.45) is 0 Å². The lowest BCUT2D eigenvalue weighted by atomic mass is 10.0. The van der Waals surface area contributed by atoms with Gasteiger partial charge in [-0.05, 0) is 64.2 Å². The Hall–Kier alpha value is -1.85. The summed E-state index contributed by atoms with van der Waals surface area (Å²) in [6.07, 6.45) is 44.8. The van der Waals surface area contributed by atoms with Crippen LogP contribution in [0.15, 0.2) is 12.2 Å². The first-order chi connectivity index (χ1) is 24.0. The zero-order valence-electron chi connectivity index (χ0n) is 32.6. The van der Waals surface area contributed by atoms with Gasteiger partial charge in [0.25, 0.3) is 0 Å². The zero-order valence-corrected chi connectivity index (χ0v) is 32.6. The van der Waals surface area contributed by atoms with Crippen molar-refractivity contribution in [3.05, 3.63) is 12.2 Å². The molecule has 0 aliphatic heterocycles. The molecule has 1 unspecified atom stereocenters. The number of carboxylic acids is 1. The van der Waals surface area contributed by atoms with Gasteiger partial charge in [0.05, 0.1) is 0 Å². The molecule has 0 aromatic heterocycles. The Labute approximate surface area is 303 Å². The molecule has 0 aromatic rings. The van der Waals surface area contributed by atoms with Gasteiger partial charge in [-0.3, -0.25) is 14.4 Å². The van der Waals surface area contributed by atoms with Crippen LogP contribution in [0.1, 0.15) is 232 Å². The van der Waals surface area contributed by atoms with Crippen molar-refractivity contribution >= 4 is 17.8 Å². The van der Waals surface area contributed by atoms with Crippen molar-refractivity contribution in [3.8, 4) is 0 Å². The summed E-state index contributed by atoms with van der Waals surface area (Å²) in [6.45, 7) is 4.23. The minimum Gasteiger partial charge on any atom is -0.480 e. The van der Waals surface area contributed by atoms with E-state index < -0.39 is 5.97 Å². The van der Waals surface area contributed by atoms with Crippen LogP contribution in [-0.4, -0.2) is 35.6 Å². The SMILES string of the molecule is CCCCCCCC/C=C\CCCCCCCCCC(=O)OC(CCCCCCCCCCCC)CCCCCCCC(=O)NCC(=O)O. The van der Waals surface area contributed by atoms with Crippen molar-refractivity contribution in [1.29, 1.82) is 0 Å². The van der Waals surface area contributed by atoms with Gasteiger partial charge in [-0.2, -0.15) is 0 Å². The number of esters is 1. The fourth-order valence-corrected chi connectivity index (χ4v) is 6.51. The molecule has 2 N–H and O–H groups in total. The number of rotatable bonds is 39. The first-order valence-corrected chi connectivity index (χ1v) is 21.3. The Balaban J connectivity index is 4.08. The van der Waals surface area contributed by atoms with Crippen LogP contribution in [0.5, 0.6) is 0 Å². The summed E-state index contributed by atoms with van der Waals surface area (Å²) >= 11 is 0. The van der Waals surface area contributed by atoms with Gasteiger partial charge < -0.3 is 15.2 Å². The summed E-state index contributed by atoms with van der Waals surface area (Å²) < 4.78 is 6.02. The number of nitrogens with one attached hydrogen (secondary N) is 1. The number of carbonyl (C=O) groups is 3. The average molecular weight is 692 g/mol. The Morgan fingerprint density at radius 2 is 0.878 bits per heavy atom. The molecule has 6 nitrogen and oxygen atoms in total. The third-order valence-corrected chi connectivity index (χ3v) is 9.69. The Morgan fingerprint density at radius 3 is 1.31 bits per heavy atom. The summed E-state index contributed by atoms with van der Waals surface area (Å²) in [6, 6.07) is 0. The molecule has 0 aliphatic rings. The quantitative estimate of drug-likeness (QED) is 0.0380. The maximum Gasteiger partial charge on any atom is 0.322 e. The highest BCUT2D eigenvalue weighted by molar-refractivity contribution is 5.80. The van der Waals surface area contributed by atoms with Gasteiger partial charge in [-0.1, -0.05) is 167 Å². The molecule has 1 amide bonds. The second-order valence-corrected chi connectivity index (χ2v) is 14.6. The lowest BCUT2D eigenvalue weighted by Gasteiger charge is -2.18. The number of hydrogen-bond donors (Lipinski definition) is 2. The van der Waals surface area contributed by atoms with Crippen LogP contribution >= 0.6 is 0 Å². The standard InChI is InChI=1S/C43H81NO5/c1-3-5-7-9-11-13-15-16-17-18-19-20-21-23-25-30-34-38-43(48)49-40(35-31-27-24-22-14-12-10-8-6-4-2)36-32-28-26-29-33-37-41(45)44-39-42(46)47/h16-17,40H,3-15,18-39H2,1-2H3,(H,44,45)(H,46,47)/b17-16-. The molecule has 1 atom stereocenters. The second kappa shape index (κ2) is 38.9. The van der Waals surface area contributed by atoms with Gasteiger partial charge in [0.15, 0.2) is 0 Å². The van der Waals surface area contributed by atoms with Crippen LogP contribution in [0.4, 0.5) is 0 Å². The third kappa shape index (κ3) is 38.8. The van der Waals surface area contributed by atoms with Gasteiger partial charge in [0.1, 0.15) is 12.6 Å². The minimum absolute atomic E-state index is 0.0165. The Bertz CT molecular complexity index is 767.